The van der Waals surface area contributed by atoms with Gasteiger partial charge >= 0.3 is 5.97 Å². The summed E-state index contributed by atoms with van der Waals surface area (Å²) in [6.07, 6.45) is -10.2. The van der Waals surface area contributed by atoms with E-state index in [-0.39, 0.29) is 63.3 Å². The number of aliphatic hydroxyl groups is 5. The second-order valence-corrected chi connectivity index (χ2v) is 18.2. The van der Waals surface area contributed by atoms with Crippen LogP contribution in [-0.2, 0) is 59.1 Å². The molecule has 3 rings (SSSR count). The van der Waals surface area contributed by atoms with E-state index in [1.165, 1.54) is 12.5 Å². The summed E-state index contributed by atoms with van der Waals surface area (Å²) in [6, 6.07) is -10.8. The van der Waals surface area contributed by atoms with Crippen LogP contribution in [0.3, 0.4) is 0 Å². The SMILES string of the molecule is CC(=O)N[C@@H](CCC(=O)O)C(=O)N[C@@H](CCCN=C(N)N)C(=O)N1CCC[C@H]1C(=O)N[C@@H](CC(=O)N[C@@H]1O[C@H](CO)[C@@H](O)[C@H](O)[C@H]1O)C(=O)N[C@@H](Cc1cnc[nH]1)C(=O)N[C@H](C(=O)N[C@H](C(N)=O)C(C)C)[C@@H](C)O. The predicted molar refractivity (Wildman–Crippen MR) is 253 cm³/mol. The Bertz CT molecular complexity index is 2160. The predicted octanol–water partition coefficient (Wildman–Crippen LogP) is -8.38. The standard InChI is InChI=1S/C43H70N14O17/c1-18(2)30(35(44)67)55-40(72)31(19(3)59)56-38(70)24(13-21-15-47-17-49-21)52-37(69)25(14-28(61)54-41-34(66)33(65)32(64)27(16-58)74-41)53-39(71)26-8-6-12-57(26)42(73)23(7-5-11-48-43(45)46)51-36(68)22(50-20(4)60)9-10-29(62)63/h15,17-19,22-27,30-34,41,58-59,64-66H,5-14,16H2,1-4H3,(H2,44,67)(H,47,49)(H,50,60)(H,51,68)(H,52,69)(H,53,71)(H,54,61)(H,55,72)(H,56,70)(H,62,63)(H4,45,46,48)/t19-,22+,23+,24+,25+,26+,27-,30+,31+,32-,33+,34-,41-/m1/s1. The molecule has 31 nitrogen and oxygen atoms in total. The third kappa shape index (κ3) is 18.5. The fourth-order valence-electron chi connectivity index (χ4n) is 7.99. The molecular weight excluding hydrogens is 985 g/mol. The van der Waals surface area contributed by atoms with E-state index in [0.717, 1.165) is 18.7 Å². The van der Waals surface area contributed by atoms with E-state index >= 15 is 0 Å². The number of primary amides is 1. The highest BCUT2D eigenvalue weighted by molar-refractivity contribution is 5.99. The molecule has 0 aliphatic carbocycles. The van der Waals surface area contributed by atoms with Crippen LogP contribution in [0.2, 0.25) is 0 Å². The number of guanidine groups is 1. The minimum atomic E-state index is -1.98. The molecular formula is C43H70N14O17. The number of nitrogens with two attached hydrogens (primary N) is 3. The van der Waals surface area contributed by atoms with Crippen LogP contribution in [0.25, 0.3) is 0 Å². The molecule has 3 heterocycles. The lowest BCUT2D eigenvalue weighted by Gasteiger charge is -2.40. The van der Waals surface area contributed by atoms with E-state index in [1.54, 1.807) is 13.8 Å². The van der Waals surface area contributed by atoms with E-state index in [2.05, 4.69) is 52.2 Å². The van der Waals surface area contributed by atoms with Crippen LogP contribution in [0.15, 0.2) is 17.5 Å². The first-order chi connectivity index (χ1) is 34.7. The largest absolute Gasteiger partial charge is 0.481 e. The Balaban J connectivity index is 2.01. The van der Waals surface area contributed by atoms with Crippen molar-refractivity contribution < 1.29 is 83.3 Å². The molecule has 1 aromatic rings. The van der Waals surface area contributed by atoms with Crippen molar-refractivity contribution in [1.29, 1.82) is 0 Å². The Hall–Kier alpha value is -7.06. The normalized spacial score (nSPS) is 22.3. The number of nitrogens with zero attached hydrogens (tertiary/aromatic N) is 3. The van der Waals surface area contributed by atoms with Crippen molar-refractivity contribution in [3.63, 3.8) is 0 Å². The molecule has 414 valence electrons. The Labute approximate surface area is 423 Å². The van der Waals surface area contributed by atoms with E-state index in [9.17, 15) is 78.6 Å². The Kier molecular flexibility index (Phi) is 24.0. The highest BCUT2D eigenvalue weighted by atomic mass is 16.6. The summed E-state index contributed by atoms with van der Waals surface area (Å²) in [6.45, 7) is 4.46. The maximum Gasteiger partial charge on any atom is 0.303 e. The highest BCUT2D eigenvalue weighted by Crippen LogP contribution is 2.22. The van der Waals surface area contributed by atoms with Crippen LogP contribution in [0.5, 0.6) is 0 Å². The summed E-state index contributed by atoms with van der Waals surface area (Å²) in [5.41, 5.74) is 16.6. The van der Waals surface area contributed by atoms with Gasteiger partial charge in [-0.2, -0.15) is 0 Å². The van der Waals surface area contributed by atoms with Crippen molar-refractivity contribution in [1.82, 2.24) is 52.1 Å². The van der Waals surface area contributed by atoms with Gasteiger partial charge in [0.15, 0.2) is 12.2 Å². The van der Waals surface area contributed by atoms with Crippen LogP contribution in [0, 0.1) is 5.92 Å². The van der Waals surface area contributed by atoms with Gasteiger partial charge in [-0.15, -0.1) is 0 Å². The molecule has 13 atom stereocenters. The maximum absolute atomic E-state index is 14.4. The number of ether oxygens (including phenoxy) is 1. The van der Waals surface area contributed by atoms with Crippen molar-refractivity contribution >= 4 is 65.1 Å². The number of carboxylic acids is 1. The van der Waals surface area contributed by atoms with E-state index in [4.69, 9.17) is 21.9 Å². The zero-order chi connectivity index (χ0) is 55.6. The fourth-order valence-corrected chi connectivity index (χ4v) is 7.99. The van der Waals surface area contributed by atoms with Gasteiger partial charge in [-0.1, -0.05) is 13.8 Å². The number of hydrogen-bond donors (Lipinski definition) is 17. The molecule has 0 aromatic carbocycles. The van der Waals surface area contributed by atoms with Crippen LogP contribution < -0.4 is 54.4 Å². The number of imidazole rings is 1. The van der Waals surface area contributed by atoms with Gasteiger partial charge in [0, 0.05) is 44.7 Å². The summed E-state index contributed by atoms with van der Waals surface area (Å²) in [4.78, 5) is 145. The van der Waals surface area contributed by atoms with E-state index in [1.807, 2.05) is 0 Å². The number of amides is 9. The first-order valence-corrected chi connectivity index (χ1v) is 23.7. The number of carboxylic acid groups (broad SMARTS) is 1. The number of aliphatic carboxylic acids is 1. The van der Waals surface area contributed by atoms with Crippen molar-refractivity contribution in [2.45, 2.75) is 158 Å². The average molecular weight is 1060 g/mol. The summed E-state index contributed by atoms with van der Waals surface area (Å²) in [5.74, 6) is -10.9. The van der Waals surface area contributed by atoms with Gasteiger partial charge in [-0.3, -0.25) is 52.9 Å². The molecule has 20 N–H and O–H groups in total. The van der Waals surface area contributed by atoms with Gasteiger partial charge in [0.05, 0.1) is 25.5 Å². The smallest absolute Gasteiger partial charge is 0.303 e. The quantitative estimate of drug-likeness (QED) is 0.0210. The molecule has 2 saturated heterocycles. The van der Waals surface area contributed by atoms with Gasteiger partial charge in [-0.05, 0) is 44.9 Å². The third-order valence-electron chi connectivity index (χ3n) is 11.9. The van der Waals surface area contributed by atoms with Gasteiger partial charge < -0.3 is 99.7 Å². The molecule has 74 heavy (non-hydrogen) atoms. The molecule has 1 aromatic heterocycles. The molecule has 31 heteroatoms. The summed E-state index contributed by atoms with van der Waals surface area (Å²) >= 11 is 0. The first-order valence-electron chi connectivity index (χ1n) is 23.7. The van der Waals surface area contributed by atoms with Gasteiger partial charge in [0.2, 0.25) is 53.2 Å². The number of aromatic amines is 1. The number of aliphatic hydroxyl groups excluding tert-OH is 5. The Morgan fingerprint density at radius 3 is 2.03 bits per heavy atom. The summed E-state index contributed by atoms with van der Waals surface area (Å²) < 4.78 is 5.37. The van der Waals surface area contributed by atoms with Crippen molar-refractivity contribution in [2.75, 3.05) is 19.7 Å². The van der Waals surface area contributed by atoms with Crippen molar-refractivity contribution in [3.8, 4) is 0 Å². The molecule has 0 radical (unpaired) electrons. The molecule has 0 bridgehead atoms. The molecule has 9 amide bonds. The van der Waals surface area contributed by atoms with Crippen LogP contribution in [-0.4, -0.2) is 209 Å². The van der Waals surface area contributed by atoms with Crippen LogP contribution in [0.1, 0.15) is 78.3 Å². The second kappa shape index (κ2) is 29.0. The Morgan fingerprint density at radius 1 is 0.824 bits per heavy atom. The van der Waals surface area contributed by atoms with E-state index < -0.39 is 164 Å². The number of nitrogens with one attached hydrogen (secondary N) is 8. The molecule has 2 fully saturated rings. The third-order valence-corrected chi connectivity index (χ3v) is 11.9. The summed E-state index contributed by atoms with van der Waals surface area (Å²) in [5, 5.41) is 77.4. The maximum atomic E-state index is 14.4. The summed E-state index contributed by atoms with van der Waals surface area (Å²) in [7, 11) is 0. The second-order valence-electron chi connectivity index (χ2n) is 18.2. The number of rotatable bonds is 28. The van der Waals surface area contributed by atoms with Gasteiger partial charge in [-0.25, -0.2) is 4.98 Å². The minimum absolute atomic E-state index is 0.0117. The lowest BCUT2D eigenvalue weighted by Crippen LogP contribution is -2.64. The number of aliphatic imine (C=N–C) groups is 1. The van der Waals surface area contributed by atoms with E-state index in [0.29, 0.717) is 0 Å². The van der Waals surface area contributed by atoms with Crippen molar-refractivity contribution in [2.24, 2.45) is 28.1 Å². The lowest BCUT2D eigenvalue weighted by molar-refractivity contribution is -0.236. The molecule has 2 aliphatic rings. The molecule has 2 aliphatic heterocycles. The van der Waals surface area contributed by atoms with Crippen LogP contribution in [0.4, 0.5) is 0 Å². The number of carbonyl (C=O) groups is 10. The fraction of sp³-hybridized carbons (Fsp3) is 0.674. The number of likely N-dealkylation sites (tertiary alicyclic amines) is 1. The number of hydrogen-bond acceptors (Lipinski definition) is 18. The van der Waals surface area contributed by atoms with Crippen molar-refractivity contribution in [3.05, 3.63) is 18.2 Å². The zero-order valence-corrected chi connectivity index (χ0v) is 41.3. The topological polar surface area (TPSA) is 508 Å². The van der Waals surface area contributed by atoms with Gasteiger partial charge in [0.25, 0.3) is 0 Å². The highest BCUT2D eigenvalue weighted by Gasteiger charge is 2.45. The Morgan fingerprint density at radius 2 is 1.46 bits per heavy atom. The average Bonchev–Trinajstić information content (AvgIpc) is 4.04. The first kappa shape index (κ1) is 61.2. The lowest BCUT2D eigenvalue weighted by atomic mass is 9.98. The van der Waals surface area contributed by atoms with Gasteiger partial charge in [0.1, 0.15) is 66.7 Å². The molecule has 0 spiro atoms. The number of aromatic nitrogens is 2. The number of H-pyrrole nitrogens is 1. The zero-order valence-electron chi connectivity index (χ0n) is 41.3. The molecule has 0 saturated carbocycles. The molecule has 0 unspecified atom stereocenters. The number of carbonyl (C=O) groups excluding carboxylic acids is 9. The monoisotopic (exact) mass is 1050 g/mol. The van der Waals surface area contributed by atoms with Crippen LogP contribution >= 0.6 is 0 Å². The minimum Gasteiger partial charge on any atom is -0.481 e.